The van der Waals surface area contributed by atoms with Crippen molar-refractivity contribution in [3.05, 3.63) is 59.2 Å². The Morgan fingerprint density at radius 3 is 2.76 bits per heavy atom. The first-order valence-corrected chi connectivity index (χ1v) is 6.91. The van der Waals surface area contributed by atoms with Crippen LogP contribution in [0.25, 0.3) is 0 Å². The number of nitrogens with zero attached hydrogens (tertiary/aromatic N) is 3. The zero-order chi connectivity index (χ0) is 15.2. The third-order valence-electron chi connectivity index (χ3n) is 3.23. The SMILES string of the molecule is CCN(Cc1ccnc(C(=O)O)c1)Cc1cccc(C)n1. The summed E-state index contributed by atoms with van der Waals surface area (Å²) < 4.78 is 0. The molecule has 0 aliphatic heterocycles. The first-order valence-electron chi connectivity index (χ1n) is 6.91. The van der Waals surface area contributed by atoms with Crippen molar-refractivity contribution in [1.82, 2.24) is 14.9 Å². The average molecular weight is 285 g/mol. The highest BCUT2D eigenvalue weighted by atomic mass is 16.4. The molecule has 2 aromatic heterocycles. The maximum atomic E-state index is 11.0. The van der Waals surface area contributed by atoms with Gasteiger partial charge < -0.3 is 5.11 Å². The van der Waals surface area contributed by atoms with E-state index in [9.17, 15) is 4.79 Å². The first kappa shape index (κ1) is 15.1. The van der Waals surface area contributed by atoms with Gasteiger partial charge in [0.05, 0.1) is 5.69 Å². The maximum Gasteiger partial charge on any atom is 0.354 e. The van der Waals surface area contributed by atoms with Crippen LogP contribution in [0.3, 0.4) is 0 Å². The number of carboxylic acids is 1. The molecule has 110 valence electrons. The maximum absolute atomic E-state index is 11.0. The molecule has 0 saturated carbocycles. The van der Waals surface area contributed by atoms with E-state index in [-0.39, 0.29) is 5.69 Å². The minimum atomic E-state index is -1.000. The number of aromatic carboxylic acids is 1. The fraction of sp³-hybridized carbons (Fsp3) is 0.312. The Kier molecular flexibility index (Phi) is 5.00. The lowest BCUT2D eigenvalue weighted by Crippen LogP contribution is -2.23. The van der Waals surface area contributed by atoms with E-state index in [2.05, 4.69) is 21.8 Å². The highest BCUT2D eigenvalue weighted by molar-refractivity contribution is 5.85. The molecule has 5 heteroatoms. The van der Waals surface area contributed by atoms with Crippen LogP contribution in [0.1, 0.15) is 34.4 Å². The molecule has 1 N–H and O–H groups in total. The predicted molar refractivity (Wildman–Crippen MR) is 80.0 cm³/mol. The normalized spacial score (nSPS) is 10.8. The highest BCUT2D eigenvalue weighted by Crippen LogP contribution is 2.10. The van der Waals surface area contributed by atoms with Gasteiger partial charge in [0.25, 0.3) is 0 Å². The average Bonchev–Trinajstić information content (AvgIpc) is 2.47. The minimum Gasteiger partial charge on any atom is -0.477 e. The zero-order valence-electron chi connectivity index (χ0n) is 12.3. The van der Waals surface area contributed by atoms with Crippen molar-refractivity contribution in [2.75, 3.05) is 6.54 Å². The third kappa shape index (κ3) is 4.36. The number of carbonyl (C=O) groups is 1. The fourth-order valence-corrected chi connectivity index (χ4v) is 2.14. The third-order valence-corrected chi connectivity index (χ3v) is 3.23. The molecule has 0 bridgehead atoms. The van der Waals surface area contributed by atoms with Crippen molar-refractivity contribution in [2.45, 2.75) is 26.9 Å². The van der Waals surface area contributed by atoms with Gasteiger partial charge in [-0.25, -0.2) is 9.78 Å². The Labute approximate surface area is 124 Å². The van der Waals surface area contributed by atoms with Crippen LogP contribution in [-0.4, -0.2) is 32.5 Å². The summed E-state index contributed by atoms with van der Waals surface area (Å²) in [5.41, 5.74) is 3.04. The number of carboxylic acid groups (broad SMARTS) is 1. The van der Waals surface area contributed by atoms with Gasteiger partial charge in [0.1, 0.15) is 5.69 Å². The van der Waals surface area contributed by atoms with Gasteiger partial charge in [-0.1, -0.05) is 13.0 Å². The van der Waals surface area contributed by atoms with E-state index in [0.29, 0.717) is 6.54 Å². The summed E-state index contributed by atoms with van der Waals surface area (Å²) in [4.78, 5) is 21.5. The van der Waals surface area contributed by atoms with Crippen LogP contribution >= 0.6 is 0 Å². The summed E-state index contributed by atoms with van der Waals surface area (Å²) in [5, 5.41) is 8.98. The van der Waals surface area contributed by atoms with Crippen molar-refractivity contribution in [3.8, 4) is 0 Å². The number of rotatable bonds is 6. The Bertz CT molecular complexity index is 628. The number of pyridine rings is 2. The summed E-state index contributed by atoms with van der Waals surface area (Å²) in [6, 6.07) is 9.45. The Hall–Kier alpha value is -2.27. The summed E-state index contributed by atoms with van der Waals surface area (Å²) in [6.07, 6.45) is 1.54. The van der Waals surface area contributed by atoms with Gasteiger partial charge in [0, 0.05) is 25.0 Å². The largest absolute Gasteiger partial charge is 0.477 e. The van der Waals surface area contributed by atoms with E-state index >= 15 is 0 Å². The molecular weight excluding hydrogens is 266 g/mol. The molecule has 0 aliphatic carbocycles. The quantitative estimate of drug-likeness (QED) is 0.883. The van der Waals surface area contributed by atoms with E-state index in [0.717, 1.165) is 30.0 Å². The fourth-order valence-electron chi connectivity index (χ4n) is 2.14. The second-order valence-electron chi connectivity index (χ2n) is 4.93. The zero-order valence-corrected chi connectivity index (χ0v) is 12.3. The molecule has 0 fully saturated rings. The summed E-state index contributed by atoms with van der Waals surface area (Å²) in [5.74, 6) is -1.000. The standard InChI is InChI=1S/C16H19N3O2/c1-3-19(11-14-6-4-5-12(2)18-14)10-13-7-8-17-15(9-13)16(20)21/h4-9H,3,10-11H2,1-2H3,(H,20,21). The first-order chi connectivity index (χ1) is 10.1. The van der Waals surface area contributed by atoms with Crippen LogP contribution in [-0.2, 0) is 13.1 Å². The molecule has 5 nitrogen and oxygen atoms in total. The Balaban J connectivity index is 2.08. The van der Waals surface area contributed by atoms with Gasteiger partial charge in [-0.15, -0.1) is 0 Å². The molecule has 0 unspecified atom stereocenters. The summed E-state index contributed by atoms with van der Waals surface area (Å²) >= 11 is 0. The van der Waals surface area contributed by atoms with Crippen molar-refractivity contribution < 1.29 is 9.90 Å². The molecule has 0 atom stereocenters. The van der Waals surface area contributed by atoms with Crippen molar-refractivity contribution in [2.24, 2.45) is 0 Å². The second-order valence-corrected chi connectivity index (χ2v) is 4.93. The minimum absolute atomic E-state index is 0.0808. The number of hydrogen-bond acceptors (Lipinski definition) is 4. The monoisotopic (exact) mass is 285 g/mol. The lowest BCUT2D eigenvalue weighted by molar-refractivity contribution is 0.0690. The molecule has 0 amide bonds. The molecule has 0 spiro atoms. The molecule has 0 radical (unpaired) electrons. The van der Waals surface area contributed by atoms with Crippen molar-refractivity contribution >= 4 is 5.97 Å². The Morgan fingerprint density at radius 1 is 1.29 bits per heavy atom. The molecule has 0 saturated heterocycles. The summed E-state index contributed by atoms with van der Waals surface area (Å²) in [7, 11) is 0. The van der Waals surface area contributed by atoms with E-state index in [4.69, 9.17) is 5.11 Å². The predicted octanol–water partition coefficient (Wildman–Crippen LogP) is 2.51. The molecule has 0 aromatic carbocycles. The van der Waals surface area contributed by atoms with Crippen LogP contribution in [0.2, 0.25) is 0 Å². The number of aryl methyl sites for hydroxylation is 1. The van der Waals surface area contributed by atoms with Crippen LogP contribution in [0.4, 0.5) is 0 Å². The van der Waals surface area contributed by atoms with Gasteiger partial charge in [-0.05, 0) is 43.3 Å². The molecule has 2 aromatic rings. The topological polar surface area (TPSA) is 66.3 Å². The molecular formula is C16H19N3O2. The second kappa shape index (κ2) is 6.95. The van der Waals surface area contributed by atoms with Crippen molar-refractivity contribution in [1.29, 1.82) is 0 Å². The van der Waals surface area contributed by atoms with E-state index < -0.39 is 5.97 Å². The molecule has 2 rings (SSSR count). The van der Waals surface area contributed by atoms with Crippen LogP contribution in [0.5, 0.6) is 0 Å². The highest BCUT2D eigenvalue weighted by Gasteiger charge is 2.09. The number of hydrogen-bond donors (Lipinski definition) is 1. The van der Waals surface area contributed by atoms with Gasteiger partial charge in [-0.3, -0.25) is 9.88 Å². The lowest BCUT2D eigenvalue weighted by atomic mass is 10.2. The van der Waals surface area contributed by atoms with Gasteiger partial charge in [-0.2, -0.15) is 0 Å². The van der Waals surface area contributed by atoms with Gasteiger partial charge in [0.2, 0.25) is 0 Å². The lowest BCUT2D eigenvalue weighted by Gasteiger charge is -2.20. The van der Waals surface area contributed by atoms with Gasteiger partial charge >= 0.3 is 5.97 Å². The van der Waals surface area contributed by atoms with E-state index in [1.807, 2.05) is 31.2 Å². The Morgan fingerprint density at radius 2 is 2.10 bits per heavy atom. The van der Waals surface area contributed by atoms with Crippen LogP contribution < -0.4 is 0 Å². The van der Waals surface area contributed by atoms with Crippen molar-refractivity contribution in [3.63, 3.8) is 0 Å². The molecule has 2 heterocycles. The van der Waals surface area contributed by atoms with Gasteiger partial charge in [0.15, 0.2) is 0 Å². The van der Waals surface area contributed by atoms with Crippen LogP contribution in [0, 0.1) is 6.92 Å². The summed E-state index contributed by atoms with van der Waals surface area (Å²) in [6.45, 7) is 6.33. The van der Waals surface area contributed by atoms with E-state index in [1.54, 1.807) is 6.07 Å². The van der Waals surface area contributed by atoms with E-state index in [1.165, 1.54) is 6.20 Å². The molecule has 21 heavy (non-hydrogen) atoms. The van der Waals surface area contributed by atoms with Crippen LogP contribution in [0.15, 0.2) is 36.5 Å². The molecule has 0 aliphatic rings. The smallest absolute Gasteiger partial charge is 0.354 e. The number of aromatic nitrogens is 2.